The number of sulfone groups is 1. The number of benzene rings is 2. The van der Waals surface area contributed by atoms with Crippen LogP contribution in [0.2, 0.25) is 0 Å². The van der Waals surface area contributed by atoms with Crippen LogP contribution < -0.4 is 4.72 Å². The molecule has 5 nitrogen and oxygen atoms in total. The Kier molecular flexibility index (Phi) is 4.21. The fraction of sp³-hybridized carbons (Fsp3) is 0.0769. The van der Waals surface area contributed by atoms with Gasteiger partial charge < -0.3 is 0 Å². The Morgan fingerprint density at radius 3 is 2.18 bits per heavy atom. The van der Waals surface area contributed by atoms with Crippen molar-refractivity contribution in [1.29, 1.82) is 0 Å². The van der Waals surface area contributed by atoms with Gasteiger partial charge in [-0.3, -0.25) is 4.72 Å². The third kappa shape index (κ3) is 3.60. The molecule has 0 bridgehead atoms. The molecule has 0 saturated heterocycles. The number of rotatable bonds is 4. The molecule has 0 saturated carbocycles. The van der Waals surface area contributed by atoms with E-state index in [4.69, 9.17) is 0 Å². The van der Waals surface area contributed by atoms with E-state index in [-0.39, 0.29) is 9.79 Å². The Morgan fingerprint density at radius 2 is 1.55 bits per heavy atom. The monoisotopic (exact) mass is 347 g/mol. The Labute approximate surface area is 126 Å². The molecule has 0 aromatic heterocycles. The highest BCUT2D eigenvalue weighted by atomic mass is 32.2. The second-order valence-corrected chi connectivity index (χ2v) is 8.17. The van der Waals surface area contributed by atoms with Crippen molar-refractivity contribution in [2.24, 2.45) is 0 Å². The summed E-state index contributed by atoms with van der Waals surface area (Å²) in [5, 5.41) is 0. The SMILES string of the molecule is CS(=O)(=O)c1cccc(S(=O)(=O)Nc2cc(F)ccc2F)c1. The molecule has 0 amide bonds. The van der Waals surface area contributed by atoms with E-state index in [1.54, 1.807) is 0 Å². The number of sulfonamides is 1. The second kappa shape index (κ2) is 5.65. The van der Waals surface area contributed by atoms with Crippen LogP contribution in [0.5, 0.6) is 0 Å². The van der Waals surface area contributed by atoms with Crippen molar-refractivity contribution in [3.8, 4) is 0 Å². The molecule has 9 heteroatoms. The average molecular weight is 347 g/mol. The van der Waals surface area contributed by atoms with Gasteiger partial charge in [-0.15, -0.1) is 0 Å². The summed E-state index contributed by atoms with van der Waals surface area (Å²) in [5.41, 5.74) is -0.565. The molecule has 2 rings (SSSR count). The molecule has 1 N–H and O–H groups in total. The summed E-state index contributed by atoms with van der Waals surface area (Å²) in [5.74, 6) is -1.77. The van der Waals surface area contributed by atoms with Gasteiger partial charge in [0.25, 0.3) is 10.0 Å². The smallest absolute Gasteiger partial charge is 0.262 e. The molecule has 22 heavy (non-hydrogen) atoms. The van der Waals surface area contributed by atoms with Gasteiger partial charge in [0.15, 0.2) is 9.84 Å². The van der Waals surface area contributed by atoms with Gasteiger partial charge in [0.2, 0.25) is 0 Å². The standard InChI is InChI=1S/C13H11F2NO4S2/c1-21(17,18)10-3-2-4-11(8-10)22(19,20)16-13-7-9(14)5-6-12(13)15/h2-8,16H,1H3. The Hall–Kier alpha value is -2.00. The summed E-state index contributed by atoms with van der Waals surface area (Å²) in [4.78, 5) is -0.575. The van der Waals surface area contributed by atoms with Gasteiger partial charge in [-0.25, -0.2) is 25.6 Å². The van der Waals surface area contributed by atoms with Crippen molar-refractivity contribution >= 4 is 25.5 Å². The predicted octanol–water partition coefficient (Wildman–Crippen LogP) is 2.17. The predicted molar refractivity (Wildman–Crippen MR) is 76.7 cm³/mol. The van der Waals surface area contributed by atoms with E-state index < -0.39 is 37.2 Å². The summed E-state index contributed by atoms with van der Waals surface area (Å²) in [7, 11) is -7.86. The molecule has 118 valence electrons. The van der Waals surface area contributed by atoms with Crippen molar-refractivity contribution in [2.45, 2.75) is 9.79 Å². The van der Waals surface area contributed by atoms with Crippen molar-refractivity contribution in [1.82, 2.24) is 0 Å². The van der Waals surface area contributed by atoms with E-state index in [9.17, 15) is 25.6 Å². The van der Waals surface area contributed by atoms with Gasteiger partial charge in [0.05, 0.1) is 15.5 Å². The largest absolute Gasteiger partial charge is 0.277 e. The van der Waals surface area contributed by atoms with Gasteiger partial charge in [0, 0.05) is 12.3 Å². The highest BCUT2D eigenvalue weighted by Crippen LogP contribution is 2.22. The Bertz CT molecular complexity index is 925. The van der Waals surface area contributed by atoms with Crippen LogP contribution in [-0.2, 0) is 19.9 Å². The normalized spacial score (nSPS) is 12.1. The second-order valence-electron chi connectivity index (χ2n) is 4.48. The molecule has 0 radical (unpaired) electrons. The summed E-state index contributed by atoms with van der Waals surface area (Å²) in [6.07, 6.45) is 0.929. The number of nitrogens with one attached hydrogen (secondary N) is 1. The van der Waals surface area contributed by atoms with Gasteiger partial charge in [0.1, 0.15) is 11.6 Å². The molecular weight excluding hydrogens is 336 g/mol. The van der Waals surface area contributed by atoms with E-state index in [2.05, 4.69) is 0 Å². The Morgan fingerprint density at radius 1 is 0.909 bits per heavy atom. The lowest BCUT2D eigenvalue weighted by Crippen LogP contribution is -2.14. The van der Waals surface area contributed by atoms with E-state index in [0.29, 0.717) is 6.07 Å². The van der Waals surface area contributed by atoms with Crippen molar-refractivity contribution in [2.75, 3.05) is 11.0 Å². The summed E-state index contributed by atoms with van der Waals surface area (Å²) in [6, 6.07) is 6.87. The van der Waals surface area contributed by atoms with E-state index in [1.165, 1.54) is 12.1 Å². The van der Waals surface area contributed by atoms with Gasteiger partial charge in [-0.2, -0.15) is 0 Å². The highest BCUT2D eigenvalue weighted by Gasteiger charge is 2.19. The maximum atomic E-state index is 13.5. The first kappa shape index (κ1) is 16.4. The zero-order valence-electron chi connectivity index (χ0n) is 11.2. The topological polar surface area (TPSA) is 80.3 Å². The molecule has 0 spiro atoms. The first-order valence-corrected chi connectivity index (χ1v) is 9.25. The first-order chi connectivity index (χ1) is 10.1. The van der Waals surface area contributed by atoms with Gasteiger partial charge in [-0.1, -0.05) is 6.07 Å². The van der Waals surface area contributed by atoms with E-state index >= 15 is 0 Å². The molecule has 0 aliphatic carbocycles. The van der Waals surface area contributed by atoms with Crippen LogP contribution >= 0.6 is 0 Å². The minimum atomic E-state index is -4.26. The third-order valence-electron chi connectivity index (χ3n) is 2.72. The maximum Gasteiger partial charge on any atom is 0.262 e. The lowest BCUT2D eigenvalue weighted by molar-refractivity contribution is 0.594. The molecule has 2 aromatic rings. The van der Waals surface area contributed by atoms with Crippen molar-refractivity contribution in [3.63, 3.8) is 0 Å². The van der Waals surface area contributed by atoms with E-state index in [1.807, 2.05) is 4.72 Å². The van der Waals surface area contributed by atoms with Crippen LogP contribution in [0.4, 0.5) is 14.5 Å². The van der Waals surface area contributed by atoms with Gasteiger partial charge >= 0.3 is 0 Å². The fourth-order valence-electron chi connectivity index (χ4n) is 1.65. The zero-order valence-corrected chi connectivity index (χ0v) is 12.9. The average Bonchev–Trinajstić information content (AvgIpc) is 2.42. The molecule has 0 heterocycles. The number of anilines is 1. The molecule has 0 aliphatic rings. The molecule has 0 atom stereocenters. The summed E-state index contributed by atoms with van der Waals surface area (Å²) in [6.45, 7) is 0. The molecule has 0 fully saturated rings. The van der Waals surface area contributed by atoms with Crippen LogP contribution in [0.3, 0.4) is 0 Å². The van der Waals surface area contributed by atoms with Gasteiger partial charge in [-0.05, 0) is 30.3 Å². The number of hydrogen-bond donors (Lipinski definition) is 1. The third-order valence-corrected chi connectivity index (χ3v) is 5.19. The molecule has 2 aromatic carbocycles. The van der Waals surface area contributed by atoms with Crippen LogP contribution in [0.1, 0.15) is 0 Å². The van der Waals surface area contributed by atoms with E-state index in [0.717, 1.165) is 30.5 Å². The highest BCUT2D eigenvalue weighted by molar-refractivity contribution is 7.93. The number of halogens is 2. The summed E-state index contributed by atoms with van der Waals surface area (Å²) < 4.78 is 75.6. The first-order valence-electron chi connectivity index (χ1n) is 5.87. The lowest BCUT2D eigenvalue weighted by Gasteiger charge is -2.10. The minimum absolute atomic E-state index is 0.199. The Balaban J connectivity index is 2.45. The molecule has 0 unspecified atom stereocenters. The van der Waals surface area contributed by atoms with Crippen LogP contribution in [0, 0.1) is 11.6 Å². The fourth-order valence-corrected chi connectivity index (χ4v) is 3.50. The quantitative estimate of drug-likeness (QED) is 0.919. The summed E-state index contributed by atoms with van der Waals surface area (Å²) >= 11 is 0. The molecule has 0 aliphatic heterocycles. The van der Waals surface area contributed by atoms with Crippen molar-refractivity contribution < 1.29 is 25.6 Å². The maximum absolute atomic E-state index is 13.5. The zero-order chi connectivity index (χ0) is 16.5. The number of hydrogen-bond acceptors (Lipinski definition) is 4. The lowest BCUT2D eigenvalue weighted by atomic mass is 10.3. The van der Waals surface area contributed by atoms with Crippen LogP contribution in [0.25, 0.3) is 0 Å². The van der Waals surface area contributed by atoms with Crippen LogP contribution in [0.15, 0.2) is 52.3 Å². The van der Waals surface area contributed by atoms with Crippen LogP contribution in [-0.4, -0.2) is 23.1 Å². The minimum Gasteiger partial charge on any atom is -0.277 e. The van der Waals surface area contributed by atoms with Crippen molar-refractivity contribution in [3.05, 3.63) is 54.1 Å². The molecular formula is C13H11F2NO4S2.